The number of benzene rings is 1. The van der Waals surface area contributed by atoms with Gasteiger partial charge >= 0.3 is 6.03 Å². The highest BCUT2D eigenvalue weighted by atomic mass is 35.5. The van der Waals surface area contributed by atoms with E-state index in [2.05, 4.69) is 4.90 Å². The summed E-state index contributed by atoms with van der Waals surface area (Å²) in [7, 11) is 0. The quantitative estimate of drug-likeness (QED) is 0.898. The first kappa shape index (κ1) is 17.2. The van der Waals surface area contributed by atoms with Gasteiger partial charge in [0.25, 0.3) is 0 Å². The van der Waals surface area contributed by atoms with Gasteiger partial charge in [0, 0.05) is 42.8 Å². The van der Waals surface area contributed by atoms with Crippen LogP contribution in [-0.4, -0.2) is 48.3 Å². The molecule has 1 amide bonds. The lowest BCUT2D eigenvalue weighted by Crippen LogP contribution is -2.38. The summed E-state index contributed by atoms with van der Waals surface area (Å²) < 4.78 is 6.63. The summed E-state index contributed by atoms with van der Waals surface area (Å²) in [5.41, 5.74) is 6.18. The van der Waals surface area contributed by atoms with Gasteiger partial charge in [0.05, 0.1) is 29.1 Å². The molecule has 24 heavy (non-hydrogen) atoms. The minimum Gasteiger partial charge on any atom is -0.379 e. The van der Waals surface area contributed by atoms with Crippen LogP contribution in [-0.2, 0) is 11.2 Å². The van der Waals surface area contributed by atoms with E-state index in [1.807, 2.05) is 0 Å². The van der Waals surface area contributed by atoms with Crippen molar-refractivity contribution >= 4 is 40.1 Å². The predicted molar refractivity (Wildman–Crippen MR) is 94.2 cm³/mol. The normalized spacial score (nSPS) is 15.8. The number of morpholine rings is 1. The van der Waals surface area contributed by atoms with Gasteiger partial charge in [-0.15, -0.1) is 0 Å². The van der Waals surface area contributed by atoms with Crippen molar-refractivity contribution in [1.82, 2.24) is 9.47 Å². The summed E-state index contributed by atoms with van der Waals surface area (Å²) in [5.74, 6) is 0. The number of halogens is 2. The maximum atomic E-state index is 12.4. The van der Waals surface area contributed by atoms with Gasteiger partial charge < -0.3 is 10.5 Å². The number of ether oxygens (including phenoxy) is 1. The van der Waals surface area contributed by atoms with Crippen molar-refractivity contribution in [2.45, 2.75) is 6.42 Å². The minimum absolute atomic E-state index is 0.206. The Morgan fingerprint density at radius 2 is 1.92 bits per heavy atom. The van der Waals surface area contributed by atoms with Crippen LogP contribution in [0, 0.1) is 0 Å². The first-order chi connectivity index (χ1) is 11.5. The molecule has 0 radical (unpaired) electrons. The maximum Gasteiger partial charge on any atom is 0.323 e. The lowest BCUT2D eigenvalue weighted by Gasteiger charge is -2.27. The molecule has 1 aromatic carbocycles. The van der Waals surface area contributed by atoms with Gasteiger partial charge in [-0.25, -0.2) is 4.79 Å². The SMILES string of the molecule is NC(=O)n1c(CCN2CCOCC2)cc(=O)c2c(Cl)cc(Cl)cc21. The molecule has 1 saturated heterocycles. The number of pyridine rings is 1. The molecule has 6 nitrogen and oxygen atoms in total. The number of hydrogen-bond donors (Lipinski definition) is 1. The molecule has 2 heterocycles. The topological polar surface area (TPSA) is 77.6 Å². The molecule has 0 unspecified atom stereocenters. The number of nitrogens with two attached hydrogens (primary N) is 1. The van der Waals surface area contributed by atoms with Crippen molar-refractivity contribution in [3.63, 3.8) is 0 Å². The number of amides is 1. The summed E-state index contributed by atoms with van der Waals surface area (Å²) in [6.45, 7) is 3.73. The van der Waals surface area contributed by atoms with Crippen molar-refractivity contribution in [3.05, 3.63) is 44.2 Å². The molecule has 8 heteroatoms. The van der Waals surface area contributed by atoms with Crippen LogP contribution in [0.1, 0.15) is 5.69 Å². The van der Waals surface area contributed by atoms with Crippen molar-refractivity contribution < 1.29 is 9.53 Å². The number of primary amides is 1. The Morgan fingerprint density at radius 1 is 1.21 bits per heavy atom. The van der Waals surface area contributed by atoms with Crippen molar-refractivity contribution in [2.75, 3.05) is 32.8 Å². The molecular formula is C16H17Cl2N3O3. The minimum atomic E-state index is -0.671. The molecule has 0 atom stereocenters. The number of aromatic nitrogens is 1. The predicted octanol–water partition coefficient (Wildman–Crippen LogP) is 2.11. The van der Waals surface area contributed by atoms with E-state index in [9.17, 15) is 9.59 Å². The molecule has 1 fully saturated rings. The van der Waals surface area contributed by atoms with Crippen LogP contribution in [0.4, 0.5) is 4.79 Å². The largest absolute Gasteiger partial charge is 0.379 e. The van der Waals surface area contributed by atoms with Gasteiger partial charge in [-0.3, -0.25) is 14.3 Å². The van der Waals surface area contributed by atoms with Crippen LogP contribution in [0.25, 0.3) is 10.9 Å². The Hall–Kier alpha value is -1.60. The van der Waals surface area contributed by atoms with E-state index in [4.69, 9.17) is 33.7 Å². The fraction of sp³-hybridized carbons (Fsp3) is 0.375. The van der Waals surface area contributed by atoms with Crippen LogP contribution in [0.2, 0.25) is 10.0 Å². The Labute approximate surface area is 148 Å². The van der Waals surface area contributed by atoms with Crippen LogP contribution >= 0.6 is 23.2 Å². The summed E-state index contributed by atoms with van der Waals surface area (Å²) >= 11 is 12.2. The third-order valence-corrected chi connectivity index (χ3v) is 4.63. The second-order valence-electron chi connectivity index (χ2n) is 5.66. The van der Waals surface area contributed by atoms with E-state index in [-0.39, 0.29) is 15.8 Å². The Morgan fingerprint density at radius 3 is 2.58 bits per heavy atom. The highest BCUT2D eigenvalue weighted by molar-refractivity contribution is 6.38. The molecule has 0 saturated carbocycles. The van der Waals surface area contributed by atoms with Gasteiger partial charge in [-0.2, -0.15) is 0 Å². The van der Waals surface area contributed by atoms with Crippen molar-refractivity contribution in [2.24, 2.45) is 5.73 Å². The smallest absolute Gasteiger partial charge is 0.323 e. The van der Waals surface area contributed by atoms with E-state index in [1.165, 1.54) is 22.8 Å². The van der Waals surface area contributed by atoms with Gasteiger partial charge in [0.15, 0.2) is 5.43 Å². The van der Waals surface area contributed by atoms with Crippen LogP contribution in [0.3, 0.4) is 0 Å². The summed E-state index contributed by atoms with van der Waals surface area (Å²) in [5, 5.41) is 0.791. The maximum absolute atomic E-state index is 12.4. The second-order valence-corrected chi connectivity index (χ2v) is 6.50. The number of hydrogen-bond acceptors (Lipinski definition) is 4. The molecule has 1 aromatic heterocycles. The molecule has 128 valence electrons. The van der Waals surface area contributed by atoms with Crippen LogP contribution in [0.15, 0.2) is 23.0 Å². The third kappa shape index (κ3) is 3.42. The van der Waals surface area contributed by atoms with Gasteiger partial charge in [-0.05, 0) is 12.1 Å². The summed E-state index contributed by atoms with van der Waals surface area (Å²) in [6, 6.07) is 3.77. The summed E-state index contributed by atoms with van der Waals surface area (Å²) in [4.78, 5) is 26.6. The Bertz CT molecular complexity index is 845. The zero-order valence-corrected chi connectivity index (χ0v) is 14.4. The second kappa shape index (κ2) is 7.11. The van der Waals surface area contributed by atoms with Gasteiger partial charge in [0.2, 0.25) is 0 Å². The molecule has 2 N–H and O–H groups in total. The van der Waals surface area contributed by atoms with E-state index < -0.39 is 6.03 Å². The monoisotopic (exact) mass is 369 g/mol. The van der Waals surface area contributed by atoms with Crippen LogP contribution in [0.5, 0.6) is 0 Å². The standard InChI is InChI=1S/C16H17Cl2N3O3/c17-10-7-12(18)15-13(8-10)21(16(19)23)11(9-14(15)22)1-2-20-3-5-24-6-4-20/h7-9H,1-6H2,(H2,19,23). The van der Waals surface area contributed by atoms with E-state index in [0.717, 1.165) is 13.1 Å². The first-order valence-corrected chi connectivity index (χ1v) is 8.36. The molecule has 0 bridgehead atoms. The van der Waals surface area contributed by atoms with E-state index in [0.29, 0.717) is 42.4 Å². The Kier molecular flexibility index (Phi) is 5.10. The zero-order chi connectivity index (χ0) is 17.3. The Balaban J connectivity index is 2.05. The van der Waals surface area contributed by atoms with Crippen LogP contribution < -0.4 is 11.2 Å². The fourth-order valence-corrected chi connectivity index (χ4v) is 3.54. The molecule has 0 spiro atoms. The van der Waals surface area contributed by atoms with E-state index in [1.54, 1.807) is 0 Å². The van der Waals surface area contributed by atoms with Gasteiger partial charge in [-0.1, -0.05) is 23.2 Å². The number of carbonyl (C=O) groups excluding carboxylic acids is 1. The van der Waals surface area contributed by atoms with Crippen molar-refractivity contribution in [3.8, 4) is 0 Å². The van der Waals surface area contributed by atoms with Gasteiger partial charge in [0.1, 0.15) is 0 Å². The number of carbonyl (C=O) groups is 1. The lowest BCUT2D eigenvalue weighted by atomic mass is 10.1. The molecule has 1 aliphatic rings. The molecule has 2 aromatic rings. The molecule has 1 aliphatic heterocycles. The molecular weight excluding hydrogens is 353 g/mol. The molecule has 3 rings (SSSR count). The molecule has 0 aliphatic carbocycles. The highest BCUT2D eigenvalue weighted by Gasteiger charge is 2.17. The average Bonchev–Trinajstić information content (AvgIpc) is 2.52. The van der Waals surface area contributed by atoms with Crippen molar-refractivity contribution in [1.29, 1.82) is 0 Å². The third-order valence-electron chi connectivity index (χ3n) is 4.11. The fourth-order valence-electron chi connectivity index (χ4n) is 2.96. The lowest BCUT2D eigenvalue weighted by molar-refractivity contribution is 0.0383. The van der Waals surface area contributed by atoms with E-state index >= 15 is 0 Å². The number of rotatable bonds is 3. The number of nitrogens with zero attached hydrogens (tertiary/aromatic N) is 2. The number of fused-ring (bicyclic) bond motifs is 1. The zero-order valence-electron chi connectivity index (χ0n) is 12.9. The first-order valence-electron chi connectivity index (χ1n) is 7.61. The summed E-state index contributed by atoms with van der Waals surface area (Å²) in [6.07, 6.45) is 0.512. The average molecular weight is 370 g/mol. The highest BCUT2D eigenvalue weighted by Crippen LogP contribution is 2.26.